The highest BCUT2D eigenvalue weighted by Crippen LogP contribution is 2.31. The molecule has 0 aliphatic heterocycles. The van der Waals surface area contributed by atoms with Crippen LogP contribution in [0.2, 0.25) is 5.02 Å². The number of oxazole rings is 1. The number of hydrogen-bond acceptors (Lipinski definition) is 2. The van der Waals surface area contributed by atoms with Gasteiger partial charge in [0.1, 0.15) is 11.3 Å². The summed E-state index contributed by atoms with van der Waals surface area (Å²) in [5.41, 5.74) is 2.82. The van der Waals surface area contributed by atoms with Crippen LogP contribution in [0.3, 0.4) is 0 Å². The van der Waals surface area contributed by atoms with Crippen molar-refractivity contribution in [3.63, 3.8) is 0 Å². The van der Waals surface area contributed by atoms with E-state index in [4.69, 9.17) is 16.0 Å². The molecule has 0 spiro atoms. The molecule has 0 saturated carbocycles. The molecule has 0 saturated heterocycles. The maximum absolute atomic E-state index is 13.2. The number of rotatable bonds is 1. The van der Waals surface area contributed by atoms with Crippen molar-refractivity contribution in [2.24, 2.45) is 0 Å². The molecular weight excluding hydrogens is 253 g/mol. The second-order valence-corrected chi connectivity index (χ2v) is 4.48. The number of benzene rings is 2. The SMILES string of the molecule is Cc1ccc(Cl)c2oc(-c3cccc(F)c3)nc12. The third-order valence-corrected chi connectivity index (χ3v) is 3.07. The summed E-state index contributed by atoms with van der Waals surface area (Å²) in [6, 6.07) is 9.77. The van der Waals surface area contributed by atoms with Gasteiger partial charge in [-0.3, -0.25) is 0 Å². The van der Waals surface area contributed by atoms with E-state index in [0.717, 1.165) is 5.56 Å². The Bertz CT molecular complexity index is 697. The Hall–Kier alpha value is -1.87. The predicted molar refractivity (Wildman–Crippen MR) is 69.2 cm³/mol. The van der Waals surface area contributed by atoms with Gasteiger partial charge in [-0.15, -0.1) is 0 Å². The molecular formula is C14H9ClFNO. The highest BCUT2D eigenvalue weighted by molar-refractivity contribution is 6.34. The summed E-state index contributed by atoms with van der Waals surface area (Å²) in [5, 5.41) is 0.505. The minimum Gasteiger partial charge on any atom is -0.434 e. The maximum atomic E-state index is 13.2. The van der Waals surface area contributed by atoms with E-state index in [1.807, 2.05) is 13.0 Å². The Morgan fingerprint density at radius 1 is 1.22 bits per heavy atom. The van der Waals surface area contributed by atoms with E-state index in [0.29, 0.717) is 27.6 Å². The fourth-order valence-electron chi connectivity index (χ4n) is 1.85. The maximum Gasteiger partial charge on any atom is 0.227 e. The van der Waals surface area contributed by atoms with Crippen LogP contribution < -0.4 is 0 Å². The summed E-state index contributed by atoms with van der Waals surface area (Å²) in [7, 11) is 0. The van der Waals surface area contributed by atoms with Crippen LogP contribution in [-0.4, -0.2) is 4.98 Å². The quantitative estimate of drug-likeness (QED) is 0.640. The normalized spacial score (nSPS) is 11.1. The van der Waals surface area contributed by atoms with Gasteiger partial charge in [0.25, 0.3) is 0 Å². The summed E-state index contributed by atoms with van der Waals surface area (Å²) >= 11 is 6.05. The van der Waals surface area contributed by atoms with Crippen LogP contribution in [0.25, 0.3) is 22.6 Å². The first kappa shape index (κ1) is 11.2. The van der Waals surface area contributed by atoms with Gasteiger partial charge >= 0.3 is 0 Å². The minimum atomic E-state index is -0.322. The molecule has 3 rings (SSSR count). The van der Waals surface area contributed by atoms with Crippen molar-refractivity contribution in [3.8, 4) is 11.5 Å². The molecule has 2 nitrogen and oxygen atoms in total. The molecule has 1 heterocycles. The third kappa shape index (κ3) is 1.77. The average molecular weight is 262 g/mol. The van der Waals surface area contributed by atoms with Gasteiger partial charge in [-0.2, -0.15) is 0 Å². The Morgan fingerprint density at radius 3 is 2.78 bits per heavy atom. The van der Waals surface area contributed by atoms with Gasteiger partial charge in [0.2, 0.25) is 5.89 Å². The van der Waals surface area contributed by atoms with Gasteiger partial charge in [-0.1, -0.05) is 23.7 Å². The number of halogens is 2. The van der Waals surface area contributed by atoms with E-state index < -0.39 is 0 Å². The van der Waals surface area contributed by atoms with Crippen LogP contribution in [0.1, 0.15) is 5.56 Å². The number of hydrogen-bond donors (Lipinski definition) is 0. The van der Waals surface area contributed by atoms with Crippen LogP contribution >= 0.6 is 11.6 Å². The van der Waals surface area contributed by atoms with Crippen molar-refractivity contribution in [2.75, 3.05) is 0 Å². The fraction of sp³-hybridized carbons (Fsp3) is 0.0714. The zero-order valence-electron chi connectivity index (χ0n) is 9.58. The molecule has 1 aromatic heterocycles. The molecule has 90 valence electrons. The monoisotopic (exact) mass is 261 g/mol. The lowest BCUT2D eigenvalue weighted by molar-refractivity contribution is 0.611. The summed E-state index contributed by atoms with van der Waals surface area (Å²) in [5.74, 6) is 0.0540. The zero-order chi connectivity index (χ0) is 12.7. The number of aryl methyl sites for hydroxylation is 1. The van der Waals surface area contributed by atoms with E-state index in [2.05, 4.69) is 4.98 Å². The Morgan fingerprint density at radius 2 is 2.06 bits per heavy atom. The lowest BCUT2D eigenvalue weighted by atomic mass is 10.2. The Labute approximate surface area is 108 Å². The first-order valence-corrected chi connectivity index (χ1v) is 5.84. The van der Waals surface area contributed by atoms with Gasteiger partial charge in [0.05, 0.1) is 5.02 Å². The van der Waals surface area contributed by atoms with Gasteiger partial charge in [0, 0.05) is 5.56 Å². The molecule has 0 fully saturated rings. The summed E-state index contributed by atoms with van der Waals surface area (Å²) in [6.07, 6.45) is 0. The number of nitrogens with zero attached hydrogens (tertiary/aromatic N) is 1. The summed E-state index contributed by atoms with van der Waals surface area (Å²) in [6.45, 7) is 1.93. The van der Waals surface area contributed by atoms with Crippen LogP contribution in [0.4, 0.5) is 4.39 Å². The van der Waals surface area contributed by atoms with Crippen LogP contribution in [0.5, 0.6) is 0 Å². The van der Waals surface area contributed by atoms with Crippen molar-refractivity contribution in [1.82, 2.24) is 4.98 Å². The van der Waals surface area contributed by atoms with Crippen LogP contribution in [0.15, 0.2) is 40.8 Å². The smallest absolute Gasteiger partial charge is 0.227 e. The summed E-state index contributed by atoms with van der Waals surface area (Å²) in [4.78, 5) is 4.37. The van der Waals surface area contributed by atoms with Gasteiger partial charge in [-0.25, -0.2) is 9.37 Å². The van der Waals surface area contributed by atoms with Crippen molar-refractivity contribution in [1.29, 1.82) is 0 Å². The summed E-state index contributed by atoms with van der Waals surface area (Å²) < 4.78 is 18.8. The van der Waals surface area contributed by atoms with Gasteiger partial charge in [0.15, 0.2) is 5.58 Å². The van der Waals surface area contributed by atoms with Crippen LogP contribution in [0, 0.1) is 12.7 Å². The molecule has 0 aliphatic carbocycles. The van der Waals surface area contributed by atoms with E-state index in [9.17, 15) is 4.39 Å². The molecule has 4 heteroatoms. The molecule has 0 N–H and O–H groups in total. The number of aromatic nitrogens is 1. The zero-order valence-corrected chi connectivity index (χ0v) is 10.3. The van der Waals surface area contributed by atoms with Gasteiger partial charge in [-0.05, 0) is 36.8 Å². The molecule has 0 bridgehead atoms. The minimum absolute atomic E-state index is 0.322. The van der Waals surface area contributed by atoms with Crippen molar-refractivity contribution < 1.29 is 8.81 Å². The molecule has 3 aromatic rings. The largest absolute Gasteiger partial charge is 0.434 e. The Kier molecular flexibility index (Phi) is 2.56. The molecule has 0 aliphatic rings. The predicted octanol–water partition coefficient (Wildman–Crippen LogP) is 4.60. The molecule has 0 radical (unpaired) electrons. The average Bonchev–Trinajstić information content (AvgIpc) is 2.80. The second-order valence-electron chi connectivity index (χ2n) is 4.07. The van der Waals surface area contributed by atoms with E-state index in [1.165, 1.54) is 12.1 Å². The molecule has 0 unspecified atom stereocenters. The van der Waals surface area contributed by atoms with E-state index in [1.54, 1.807) is 18.2 Å². The second kappa shape index (κ2) is 4.10. The lowest BCUT2D eigenvalue weighted by Crippen LogP contribution is -1.80. The molecule has 18 heavy (non-hydrogen) atoms. The van der Waals surface area contributed by atoms with Crippen molar-refractivity contribution in [3.05, 3.63) is 52.8 Å². The van der Waals surface area contributed by atoms with Crippen molar-refractivity contribution in [2.45, 2.75) is 6.92 Å². The highest BCUT2D eigenvalue weighted by atomic mass is 35.5. The van der Waals surface area contributed by atoms with E-state index in [-0.39, 0.29) is 5.82 Å². The molecule has 0 amide bonds. The standard InChI is InChI=1S/C14H9ClFNO/c1-8-5-6-11(15)13-12(8)17-14(18-13)9-3-2-4-10(16)7-9/h2-7H,1H3. The molecule has 0 atom stereocenters. The third-order valence-electron chi connectivity index (χ3n) is 2.77. The Balaban J connectivity index is 2.26. The first-order chi connectivity index (χ1) is 8.65. The first-order valence-electron chi connectivity index (χ1n) is 5.47. The molecule has 2 aromatic carbocycles. The van der Waals surface area contributed by atoms with Gasteiger partial charge < -0.3 is 4.42 Å². The van der Waals surface area contributed by atoms with E-state index >= 15 is 0 Å². The van der Waals surface area contributed by atoms with Crippen molar-refractivity contribution >= 4 is 22.7 Å². The fourth-order valence-corrected chi connectivity index (χ4v) is 2.04. The highest BCUT2D eigenvalue weighted by Gasteiger charge is 2.13. The van der Waals surface area contributed by atoms with Crippen LogP contribution in [-0.2, 0) is 0 Å². The topological polar surface area (TPSA) is 26.0 Å². The number of fused-ring (bicyclic) bond motifs is 1. The lowest BCUT2D eigenvalue weighted by Gasteiger charge is -1.94.